The number of amidine groups is 1. The Hall–Kier alpha value is -1.72. The van der Waals surface area contributed by atoms with Gasteiger partial charge in [-0.05, 0) is 0 Å². The Morgan fingerprint density at radius 1 is 1.43 bits per heavy atom. The van der Waals surface area contributed by atoms with E-state index in [9.17, 15) is 10.2 Å². The Morgan fingerprint density at radius 3 is 2.86 bits per heavy atom. The maximum Gasteiger partial charge on any atom is 0.144 e. The monoisotopic (exact) mass is 298 g/mol. The quantitative estimate of drug-likeness (QED) is 0.283. The lowest BCUT2D eigenvalue weighted by atomic mass is 10.1. The minimum absolute atomic E-state index is 0.249. The molecule has 0 radical (unpaired) electrons. The predicted octanol–water partition coefficient (Wildman–Crippen LogP) is -3.82. The van der Waals surface area contributed by atoms with Crippen LogP contribution < -0.4 is 16.9 Å². The van der Waals surface area contributed by atoms with Gasteiger partial charge in [0.2, 0.25) is 0 Å². The molecule has 3 aliphatic rings. The summed E-state index contributed by atoms with van der Waals surface area (Å²) >= 11 is 0. The summed E-state index contributed by atoms with van der Waals surface area (Å²) < 4.78 is 5.42. The van der Waals surface area contributed by atoms with Crippen molar-refractivity contribution >= 4 is 12.2 Å². The maximum absolute atomic E-state index is 10.0. The Bertz CT molecular complexity index is 521. The zero-order chi connectivity index (χ0) is 15.1. The highest BCUT2D eigenvalue weighted by Crippen LogP contribution is 2.25. The number of fused-ring (bicyclic) bond motifs is 1. The lowest BCUT2D eigenvalue weighted by molar-refractivity contribution is -0.0105. The summed E-state index contributed by atoms with van der Waals surface area (Å²) in [6.07, 6.45) is -3.16. The van der Waals surface area contributed by atoms with Crippen LogP contribution >= 0.6 is 0 Å². The first kappa shape index (κ1) is 14.2. The summed E-state index contributed by atoms with van der Waals surface area (Å²) in [5, 5.41) is 33.3. The lowest BCUT2D eigenvalue weighted by Gasteiger charge is -2.36. The molecule has 116 valence electrons. The van der Waals surface area contributed by atoms with E-state index in [1.54, 1.807) is 0 Å². The van der Waals surface area contributed by atoms with Gasteiger partial charge < -0.3 is 31.1 Å². The molecule has 3 rings (SSSR count). The minimum Gasteiger partial charge on any atom is -0.394 e. The van der Waals surface area contributed by atoms with Crippen LogP contribution in [0.5, 0.6) is 0 Å². The number of nitrogens with zero attached hydrogens (tertiary/aromatic N) is 3. The first-order valence-corrected chi connectivity index (χ1v) is 6.52. The van der Waals surface area contributed by atoms with Gasteiger partial charge >= 0.3 is 0 Å². The van der Waals surface area contributed by atoms with Gasteiger partial charge in [0.05, 0.1) is 13.2 Å². The van der Waals surface area contributed by atoms with Crippen molar-refractivity contribution in [1.29, 1.82) is 0 Å². The molecule has 10 heteroatoms. The number of aliphatic hydroxyl groups is 3. The molecular formula is C11H18N6O4. The van der Waals surface area contributed by atoms with E-state index in [0.717, 1.165) is 5.57 Å². The van der Waals surface area contributed by atoms with Crippen molar-refractivity contribution in [2.45, 2.75) is 30.6 Å². The summed E-state index contributed by atoms with van der Waals surface area (Å²) in [7, 11) is 0. The molecule has 0 aromatic carbocycles. The fraction of sp³-hybridized carbons (Fsp3) is 0.636. The summed E-state index contributed by atoms with van der Waals surface area (Å²) in [5.41, 5.74) is 6.62. The fourth-order valence-electron chi connectivity index (χ4n) is 2.59. The van der Waals surface area contributed by atoms with Crippen molar-refractivity contribution in [1.82, 2.24) is 10.3 Å². The second kappa shape index (κ2) is 5.24. The first-order valence-electron chi connectivity index (χ1n) is 6.52. The van der Waals surface area contributed by atoms with Crippen LogP contribution in [0.25, 0.3) is 0 Å². The molecule has 0 bridgehead atoms. The molecule has 0 aliphatic carbocycles. The van der Waals surface area contributed by atoms with Crippen LogP contribution in [0.3, 0.4) is 0 Å². The van der Waals surface area contributed by atoms with Crippen LogP contribution in [0.2, 0.25) is 0 Å². The third kappa shape index (κ3) is 2.26. The van der Waals surface area contributed by atoms with E-state index in [1.165, 1.54) is 11.3 Å². The van der Waals surface area contributed by atoms with Gasteiger partial charge in [0.25, 0.3) is 0 Å². The predicted molar refractivity (Wildman–Crippen MR) is 72.7 cm³/mol. The Kier molecular flexibility index (Phi) is 3.55. The topological polar surface area (TPSA) is 162 Å². The third-order valence-corrected chi connectivity index (χ3v) is 3.77. The van der Waals surface area contributed by atoms with Gasteiger partial charge in [-0.2, -0.15) is 0 Å². The van der Waals surface area contributed by atoms with E-state index in [1.807, 2.05) is 0 Å². The van der Waals surface area contributed by atoms with Crippen LogP contribution in [0.4, 0.5) is 0 Å². The maximum atomic E-state index is 10.0. The normalized spacial score (nSPS) is 39.1. The Labute approximate surface area is 120 Å². The lowest BCUT2D eigenvalue weighted by Crippen LogP contribution is -2.59. The molecule has 1 fully saturated rings. The van der Waals surface area contributed by atoms with Gasteiger partial charge in [-0.1, -0.05) is 0 Å². The molecule has 0 aromatic heterocycles. The molecule has 1 unspecified atom stereocenters. The summed E-state index contributed by atoms with van der Waals surface area (Å²) in [5.74, 6) is 6.32. The smallest absolute Gasteiger partial charge is 0.144 e. The molecular weight excluding hydrogens is 280 g/mol. The molecule has 0 spiro atoms. The molecule has 5 atom stereocenters. The van der Waals surface area contributed by atoms with Crippen LogP contribution in [-0.2, 0) is 4.74 Å². The molecule has 0 aromatic rings. The fourth-order valence-corrected chi connectivity index (χ4v) is 2.59. The van der Waals surface area contributed by atoms with Crippen molar-refractivity contribution < 1.29 is 20.1 Å². The average Bonchev–Trinajstić information content (AvgIpc) is 2.76. The Balaban J connectivity index is 1.86. The van der Waals surface area contributed by atoms with E-state index < -0.39 is 37.2 Å². The van der Waals surface area contributed by atoms with Gasteiger partial charge in [-0.3, -0.25) is 10.0 Å². The summed E-state index contributed by atoms with van der Waals surface area (Å²) in [6.45, 7) is -0.0262. The van der Waals surface area contributed by atoms with E-state index in [0.29, 0.717) is 6.54 Å². The first-order chi connectivity index (χ1) is 10.0. The van der Waals surface area contributed by atoms with Crippen LogP contribution in [-0.4, -0.2) is 76.2 Å². The summed E-state index contributed by atoms with van der Waals surface area (Å²) in [4.78, 5) is 8.21. The van der Waals surface area contributed by atoms with Crippen molar-refractivity contribution in [3.63, 3.8) is 0 Å². The molecule has 0 amide bonds. The SMILES string of the molecule is NC1=C2CN=CN(N)C2NC([C@@H]2O[C@H](CO)[C@@H](O)[C@H]2O)=N1. The average molecular weight is 298 g/mol. The molecule has 3 aliphatic heterocycles. The van der Waals surface area contributed by atoms with Gasteiger partial charge in [-0.15, -0.1) is 0 Å². The van der Waals surface area contributed by atoms with Crippen molar-refractivity contribution in [2.75, 3.05) is 13.2 Å². The van der Waals surface area contributed by atoms with Crippen molar-refractivity contribution in [3.8, 4) is 0 Å². The number of ether oxygens (including phenoxy) is 1. The molecule has 8 N–H and O–H groups in total. The zero-order valence-corrected chi connectivity index (χ0v) is 11.1. The molecule has 10 nitrogen and oxygen atoms in total. The number of nitrogens with one attached hydrogen (secondary N) is 1. The highest BCUT2D eigenvalue weighted by Gasteiger charge is 2.46. The number of nitrogens with two attached hydrogens (primary N) is 2. The second-order valence-electron chi connectivity index (χ2n) is 5.12. The van der Waals surface area contributed by atoms with Crippen molar-refractivity contribution in [3.05, 3.63) is 11.4 Å². The zero-order valence-electron chi connectivity index (χ0n) is 11.1. The molecule has 1 saturated heterocycles. The third-order valence-electron chi connectivity index (χ3n) is 3.77. The standard InChI is InChI=1S/C11H18N6O4/c12-9-4-1-14-3-17(13)11(4)16-10(15-9)8-7(20)6(19)5(2-18)21-8/h3,5-8,11,18-20H,1-2,12-13H2,(H,15,16)/t5-,6-,7-,8-,11?/m1/s1. The van der Waals surface area contributed by atoms with Gasteiger partial charge in [0.1, 0.15) is 48.6 Å². The van der Waals surface area contributed by atoms with E-state index in [-0.39, 0.29) is 11.7 Å². The van der Waals surface area contributed by atoms with Crippen LogP contribution in [0.1, 0.15) is 0 Å². The largest absolute Gasteiger partial charge is 0.394 e. The van der Waals surface area contributed by atoms with Crippen LogP contribution in [0.15, 0.2) is 21.4 Å². The van der Waals surface area contributed by atoms with E-state index in [4.69, 9.17) is 21.4 Å². The second-order valence-corrected chi connectivity index (χ2v) is 5.12. The molecule has 0 saturated carbocycles. The number of aliphatic hydroxyl groups excluding tert-OH is 3. The highest BCUT2D eigenvalue weighted by molar-refractivity contribution is 5.90. The molecule has 21 heavy (non-hydrogen) atoms. The number of hydrazine groups is 1. The number of rotatable bonds is 2. The minimum atomic E-state index is -1.22. The van der Waals surface area contributed by atoms with Crippen molar-refractivity contribution in [2.24, 2.45) is 21.6 Å². The Morgan fingerprint density at radius 2 is 2.19 bits per heavy atom. The number of hydrogen-bond donors (Lipinski definition) is 6. The van der Waals surface area contributed by atoms with Gasteiger partial charge in [0, 0.05) is 5.57 Å². The highest BCUT2D eigenvalue weighted by atomic mass is 16.6. The van der Waals surface area contributed by atoms with Gasteiger partial charge in [-0.25, -0.2) is 10.8 Å². The summed E-state index contributed by atoms with van der Waals surface area (Å²) in [6, 6.07) is 0. The number of aliphatic imine (C=N–C) groups is 2. The van der Waals surface area contributed by atoms with E-state index in [2.05, 4.69) is 15.3 Å². The number of hydrogen-bond acceptors (Lipinski definition) is 10. The molecule has 3 heterocycles. The van der Waals surface area contributed by atoms with Crippen LogP contribution in [0, 0.1) is 0 Å². The van der Waals surface area contributed by atoms with Gasteiger partial charge in [0.15, 0.2) is 0 Å². The van der Waals surface area contributed by atoms with E-state index >= 15 is 0 Å².